The van der Waals surface area contributed by atoms with Crippen molar-refractivity contribution < 1.29 is 0 Å². The number of halogens is 1. The van der Waals surface area contributed by atoms with Gasteiger partial charge >= 0.3 is 0 Å². The Morgan fingerprint density at radius 2 is 2.21 bits per heavy atom. The van der Waals surface area contributed by atoms with Crippen LogP contribution in [0.2, 0.25) is 0 Å². The summed E-state index contributed by atoms with van der Waals surface area (Å²) in [5.41, 5.74) is 7.14. The van der Waals surface area contributed by atoms with Crippen molar-refractivity contribution in [1.29, 1.82) is 0 Å². The summed E-state index contributed by atoms with van der Waals surface area (Å²) in [7, 11) is 0. The number of allylic oxidation sites excluding steroid dienone is 6. The molecule has 0 aromatic carbocycles. The third kappa shape index (κ3) is 3.93. The molecule has 2 N–H and O–H groups in total. The summed E-state index contributed by atoms with van der Waals surface area (Å²) in [6.45, 7) is 0. The molecule has 0 aromatic rings. The van der Waals surface area contributed by atoms with Gasteiger partial charge in [0.2, 0.25) is 0 Å². The summed E-state index contributed by atoms with van der Waals surface area (Å²) in [6.07, 6.45) is 17.2. The van der Waals surface area contributed by atoms with Gasteiger partial charge < -0.3 is 5.73 Å². The minimum Gasteiger partial charge on any atom is -0.383 e. The Kier molecular flexibility index (Phi) is 5.16. The molecule has 0 spiro atoms. The van der Waals surface area contributed by atoms with Crippen molar-refractivity contribution in [2.75, 3.05) is 6.00 Å². The zero-order valence-corrected chi connectivity index (χ0v) is 11.6. The van der Waals surface area contributed by atoms with Gasteiger partial charge in [0.25, 0.3) is 0 Å². The highest BCUT2D eigenvalue weighted by Crippen LogP contribution is 2.17. The Hall–Kier alpha value is -1.61. The number of hydrogen-bond donors (Lipinski definition) is 1. The van der Waals surface area contributed by atoms with Crippen molar-refractivity contribution in [3.05, 3.63) is 48.1 Å². The first-order valence-electron chi connectivity index (χ1n) is 6.45. The van der Waals surface area contributed by atoms with E-state index in [1.807, 2.05) is 24.3 Å². The molecular weight excluding hydrogens is 258 g/mol. The van der Waals surface area contributed by atoms with Gasteiger partial charge in [-0.1, -0.05) is 42.5 Å². The number of rotatable bonds is 3. The molecule has 0 radical (unpaired) electrons. The second kappa shape index (κ2) is 7.10. The average Bonchev–Trinajstić information content (AvgIpc) is 2.48. The summed E-state index contributed by atoms with van der Waals surface area (Å²) < 4.78 is 0. The maximum Gasteiger partial charge on any atom is 0.134 e. The van der Waals surface area contributed by atoms with Gasteiger partial charge in [-0.15, -0.1) is 11.6 Å². The summed E-state index contributed by atoms with van der Waals surface area (Å²) in [4.78, 5) is 8.75. The predicted octanol–water partition coefficient (Wildman–Crippen LogP) is 3.35. The number of hydrogen-bond acceptors (Lipinski definition) is 1. The van der Waals surface area contributed by atoms with E-state index >= 15 is 0 Å². The zero-order valence-electron chi connectivity index (χ0n) is 10.8. The highest BCUT2D eigenvalue weighted by Gasteiger charge is 2.14. The van der Waals surface area contributed by atoms with Gasteiger partial charge in [-0.05, 0) is 24.8 Å². The molecule has 0 saturated carbocycles. The van der Waals surface area contributed by atoms with Gasteiger partial charge in [0.05, 0.1) is 0 Å². The van der Waals surface area contributed by atoms with Crippen molar-refractivity contribution in [2.45, 2.75) is 19.3 Å². The van der Waals surface area contributed by atoms with E-state index in [2.05, 4.69) is 28.2 Å². The van der Waals surface area contributed by atoms with Crippen LogP contribution in [0.1, 0.15) is 19.3 Å². The average molecular weight is 276 g/mol. The number of nitrogens with two attached hydrogens (primary N) is 1. The van der Waals surface area contributed by atoms with Crippen LogP contribution in [0.3, 0.4) is 0 Å². The molecule has 4 heteroatoms. The molecule has 19 heavy (non-hydrogen) atoms. The number of aliphatic imine (C=N–C) groups is 2. The number of nitrogens with zero attached hydrogens (tertiary/aromatic N) is 2. The first-order chi connectivity index (χ1) is 9.31. The third-order valence-electron chi connectivity index (χ3n) is 3.11. The fraction of sp³-hybridized carbons (Fsp3) is 0.333. The maximum absolute atomic E-state index is 6.07. The van der Waals surface area contributed by atoms with Crippen molar-refractivity contribution >= 4 is 23.3 Å². The van der Waals surface area contributed by atoms with E-state index in [0.717, 1.165) is 24.8 Å². The molecule has 0 aromatic heterocycles. The number of amidine groups is 2. The molecule has 3 nitrogen and oxygen atoms in total. The monoisotopic (exact) mass is 275 g/mol. The normalized spacial score (nSPS) is 23.6. The van der Waals surface area contributed by atoms with E-state index in [-0.39, 0.29) is 11.9 Å². The van der Waals surface area contributed by atoms with Crippen molar-refractivity contribution in [2.24, 2.45) is 21.6 Å². The van der Waals surface area contributed by atoms with Crippen LogP contribution in [-0.2, 0) is 0 Å². The van der Waals surface area contributed by atoms with Crippen LogP contribution in [0, 0.1) is 5.92 Å². The van der Waals surface area contributed by atoms with Crippen LogP contribution < -0.4 is 5.73 Å². The molecular formula is C15H18ClN3. The molecule has 0 saturated heterocycles. The lowest BCUT2D eigenvalue weighted by Gasteiger charge is -2.14. The van der Waals surface area contributed by atoms with Crippen LogP contribution >= 0.6 is 11.6 Å². The van der Waals surface area contributed by atoms with Gasteiger partial charge in [0, 0.05) is 5.92 Å². The van der Waals surface area contributed by atoms with E-state index in [1.165, 1.54) is 0 Å². The predicted molar refractivity (Wildman–Crippen MR) is 82.6 cm³/mol. The van der Waals surface area contributed by atoms with E-state index in [0.29, 0.717) is 11.7 Å². The highest BCUT2D eigenvalue weighted by atomic mass is 35.5. The fourth-order valence-corrected chi connectivity index (χ4v) is 2.20. The fourth-order valence-electron chi connectivity index (χ4n) is 2.08. The van der Waals surface area contributed by atoms with Crippen LogP contribution in [0.25, 0.3) is 0 Å². The van der Waals surface area contributed by atoms with Gasteiger partial charge in [-0.3, -0.25) is 4.99 Å². The van der Waals surface area contributed by atoms with E-state index in [9.17, 15) is 0 Å². The standard InChI is InChI=1S/C15H18ClN3/c16-11-18-15(13-9-5-2-6-10-13)19-14(17)12-7-3-1-4-8-12/h1-3,5-7,9,13H,4,8,10-11H2,(H2,17,18,19). The molecule has 2 aliphatic carbocycles. The molecule has 2 aliphatic rings. The van der Waals surface area contributed by atoms with E-state index in [1.54, 1.807) is 0 Å². The Balaban J connectivity index is 2.18. The largest absolute Gasteiger partial charge is 0.383 e. The lowest BCUT2D eigenvalue weighted by Crippen LogP contribution is -2.21. The zero-order chi connectivity index (χ0) is 13.5. The topological polar surface area (TPSA) is 50.7 Å². The Bertz CT molecular complexity index is 496. The Morgan fingerprint density at radius 1 is 1.32 bits per heavy atom. The molecule has 0 aliphatic heterocycles. The molecule has 0 fully saturated rings. The maximum atomic E-state index is 6.07. The summed E-state index contributed by atoms with van der Waals surface area (Å²) in [5, 5.41) is 0. The quantitative estimate of drug-likeness (QED) is 0.365. The van der Waals surface area contributed by atoms with Crippen LogP contribution in [0.5, 0.6) is 0 Å². The molecule has 0 heterocycles. The van der Waals surface area contributed by atoms with Crippen LogP contribution in [0.15, 0.2) is 58.1 Å². The van der Waals surface area contributed by atoms with Crippen LogP contribution in [-0.4, -0.2) is 17.7 Å². The first kappa shape index (κ1) is 13.8. The van der Waals surface area contributed by atoms with Crippen LogP contribution in [0.4, 0.5) is 0 Å². The molecule has 0 amide bonds. The lowest BCUT2D eigenvalue weighted by atomic mass is 9.99. The van der Waals surface area contributed by atoms with E-state index < -0.39 is 0 Å². The molecule has 1 unspecified atom stereocenters. The van der Waals surface area contributed by atoms with Gasteiger partial charge in [0.15, 0.2) is 0 Å². The summed E-state index contributed by atoms with van der Waals surface area (Å²) in [6, 6.07) is 0.207. The van der Waals surface area contributed by atoms with Crippen molar-refractivity contribution in [3.8, 4) is 0 Å². The minimum absolute atomic E-state index is 0.169. The Labute approximate surface area is 119 Å². The van der Waals surface area contributed by atoms with Gasteiger partial charge in [-0.2, -0.15) is 0 Å². The smallest absolute Gasteiger partial charge is 0.134 e. The van der Waals surface area contributed by atoms with Gasteiger partial charge in [0.1, 0.15) is 17.7 Å². The number of alkyl halides is 1. The molecule has 2 rings (SSSR count). The SMILES string of the molecule is NC(=NC(=NCCl)C1C=CC=CC1)C1=CC=CCC1. The molecule has 1 atom stereocenters. The molecule has 100 valence electrons. The van der Waals surface area contributed by atoms with Crippen molar-refractivity contribution in [3.63, 3.8) is 0 Å². The van der Waals surface area contributed by atoms with Gasteiger partial charge in [-0.25, -0.2) is 4.99 Å². The second-order valence-corrected chi connectivity index (χ2v) is 4.69. The molecule has 0 bridgehead atoms. The first-order valence-corrected chi connectivity index (χ1v) is 6.98. The van der Waals surface area contributed by atoms with E-state index in [4.69, 9.17) is 17.3 Å². The Morgan fingerprint density at radius 3 is 2.84 bits per heavy atom. The summed E-state index contributed by atoms with van der Waals surface area (Å²) >= 11 is 5.72. The second-order valence-electron chi connectivity index (χ2n) is 4.45. The van der Waals surface area contributed by atoms with Crippen molar-refractivity contribution in [1.82, 2.24) is 0 Å². The lowest BCUT2D eigenvalue weighted by molar-refractivity contribution is 0.854. The minimum atomic E-state index is 0.169. The third-order valence-corrected chi connectivity index (χ3v) is 3.23. The summed E-state index contributed by atoms with van der Waals surface area (Å²) in [5.74, 6) is 1.43. The highest BCUT2D eigenvalue weighted by molar-refractivity contribution is 6.18.